The molecule has 0 saturated heterocycles. The smallest absolute Gasteiger partial charge is 0.138 e. The van der Waals surface area contributed by atoms with Gasteiger partial charge in [-0.2, -0.15) is 0 Å². The van der Waals surface area contributed by atoms with Gasteiger partial charge in [-0.15, -0.1) is 0 Å². The summed E-state index contributed by atoms with van der Waals surface area (Å²) in [4.78, 5) is 0. The van der Waals surface area contributed by atoms with E-state index in [0.717, 1.165) is 5.56 Å². The summed E-state index contributed by atoms with van der Waals surface area (Å²) in [6.07, 6.45) is 0. The number of phenolic OH excluding ortho intramolecular Hbond substituents is 1. The average Bonchev–Trinajstić information content (AvgIpc) is 2.11. The fourth-order valence-electron chi connectivity index (χ4n) is 1.01. The van der Waals surface area contributed by atoms with Gasteiger partial charge in [0.25, 0.3) is 0 Å². The van der Waals surface area contributed by atoms with E-state index in [2.05, 4.69) is 20.8 Å². The lowest BCUT2D eigenvalue weighted by Crippen LogP contribution is -2.10. The van der Waals surface area contributed by atoms with E-state index in [1.54, 1.807) is 12.1 Å². The summed E-state index contributed by atoms with van der Waals surface area (Å²) >= 11 is 0. The molecule has 0 saturated carbocycles. The molecular formula is C12H21NO. The summed E-state index contributed by atoms with van der Waals surface area (Å²) in [5, 5.41) is 9.34. The standard InChI is InChI=1S/C10H15NO.C2H6/c1-10(2,3)7-4-5-8(11)9(12)6-7;1-2/h4-6,12H,11H2,1-3H3;1-2H3. The minimum Gasteiger partial charge on any atom is -0.506 e. The van der Waals surface area contributed by atoms with E-state index in [1.807, 2.05) is 19.9 Å². The van der Waals surface area contributed by atoms with Gasteiger partial charge in [-0.1, -0.05) is 40.7 Å². The third-order valence-electron chi connectivity index (χ3n) is 1.90. The van der Waals surface area contributed by atoms with E-state index in [9.17, 15) is 5.11 Å². The molecule has 3 N–H and O–H groups in total. The second-order valence-electron chi connectivity index (χ2n) is 4.02. The number of phenols is 1. The zero-order valence-electron chi connectivity index (χ0n) is 9.76. The molecule has 0 amide bonds. The van der Waals surface area contributed by atoms with Crippen molar-refractivity contribution in [2.45, 2.75) is 40.0 Å². The third-order valence-corrected chi connectivity index (χ3v) is 1.90. The Labute approximate surface area is 86.8 Å². The van der Waals surface area contributed by atoms with Crippen molar-refractivity contribution in [2.75, 3.05) is 5.73 Å². The van der Waals surface area contributed by atoms with Gasteiger partial charge in [0, 0.05) is 0 Å². The van der Waals surface area contributed by atoms with Crippen LogP contribution in [-0.2, 0) is 5.41 Å². The van der Waals surface area contributed by atoms with Crippen LogP contribution in [0.25, 0.3) is 0 Å². The zero-order chi connectivity index (χ0) is 11.4. The van der Waals surface area contributed by atoms with Crippen LogP contribution < -0.4 is 5.73 Å². The Balaban J connectivity index is 0.000000791. The first-order chi connectivity index (χ1) is 6.41. The van der Waals surface area contributed by atoms with Crippen LogP contribution in [0.5, 0.6) is 5.75 Å². The van der Waals surface area contributed by atoms with E-state index in [-0.39, 0.29) is 11.2 Å². The number of hydrogen-bond acceptors (Lipinski definition) is 2. The lowest BCUT2D eigenvalue weighted by molar-refractivity contribution is 0.473. The first-order valence-electron chi connectivity index (χ1n) is 5.00. The van der Waals surface area contributed by atoms with Crippen LogP contribution >= 0.6 is 0 Å². The lowest BCUT2D eigenvalue weighted by atomic mass is 9.87. The number of rotatable bonds is 0. The topological polar surface area (TPSA) is 46.2 Å². The molecule has 0 fully saturated rings. The molecule has 1 aromatic rings. The number of anilines is 1. The van der Waals surface area contributed by atoms with Crippen LogP contribution in [-0.4, -0.2) is 5.11 Å². The molecule has 0 aromatic heterocycles. The summed E-state index contributed by atoms with van der Waals surface area (Å²) in [5.41, 5.74) is 7.07. The second kappa shape index (κ2) is 4.89. The molecule has 0 unspecified atom stereocenters. The van der Waals surface area contributed by atoms with Crippen molar-refractivity contribution in [1.82, 2.24) is 0 Å². The quantitative estimate of drug-likeness (QED) is 0.493. The molecule has 1 aromatic carbocycles. The maximum Gasteiger partial charge on any atom is 0.138 e. The van der Waals surface area contributed by atoms with E-state index in [4.69, 9.17) is 5.73 Å². The summed E-state index contributed by atoms with van der Waals surface area (Å²) in [5.74, 6) is 0.169. The van der Waals surface area contributed by atoms with Crippen molar-refractivity contribution < 1.29 is 5.11 Å². The Hall–Kier alpha value is -1.18. The van der Waals surface area contributed by atoms with Crippen molar-refractivity contribution in [3.8, 4) is 5.75 Å². The monoisotopic (exact) mass is 195 g/mol. The van der Waals surface area contributed by atoms with Gasteiger partial charge in [0.1, 0.15) is 5.75 Å². The molecule has 0 aliphatic carbocycles. The van der Waals surface area contributed by atoms with Gasteiger partial charge < -0.3 is 10.8 Å². The fraction of sp³-hybridized carbons (Fsp3) is 0.500. The molecule has 0 aliphatic rings. The highest BCUT2D eigenvalue weighted by atomic mass is 16.3. The van der Waals surface area contributed by atoms with E-state index >= 15 is 0 Å². The van der Waals surface area contributed by atoms with Crippen LogP contribution in [0.2, 0.25) is 0 Å². The lowest BCUT2D eigenvalue weighted by Gasteiger charge is -2.19. The SMILES string of the molecule is CC.CC(C)(C)c1ccc(N)c(O)c1. The fourth-order valence-corrected chi connectivity index (χ4v) is 1.01. The molecule has 2 heteroatoms. The van der Waals surface area contributed by atoms with Crippen LogP contribution in [0.4, 0.5) is 5.69 Å². The Morgan fingerprint density at radius 2 is 1.64 bits per heavy atom. The normalized spacial score (nSPS) is 10.4. The molecule has 80 valence electrons. The van der Waals surface area contributed by atoms with E-state index in [0.29, 0.717) is 5.69 Å². The molecule has 0 atom stereocenters. The van der Waals surface area contributed by atoms with Gasteiger partial charge in [0.15, 0.2) is 0 Å². The van der Waals surface area contributed by atoms with Crippen molar-refractivity contribution in [2.24, 2.45) is 0 Å². The van der Waals surface area contributed by atoms with Gasteiger partial charge in [-0.3, -0.25) is 0 Å². The molecule has 2 nitrogen and oxygen atoms in total. The highest BCUT2D eigenvalue weighted by Gasteiger charge is 2.14. The molecule has 14 heavy (non-hydrogen) atoms. The van der Waals surface area contributed by atoms with Crippen molar-refractivity contribution in [1.29, 1.82) is 0 Å². The Bertz CT molecular complexity index is 287. The average molecular weight is 195 g/mol. The van der Waals surface area contributed by atoms with Gasteiger partial charge in [0.2, 0.25) is 0 Å². The summed E-state index contributed by atoms with van der Waals surface area (Å²) in [6.45, 7) is 10.3. The molecule has 0 aliphatic heterocycles. The maximum absolute atomic E-state index is 9.34. The van der Waals surface area contributed by atoms with Gasteiger partial charge >= 0.3 is 0 Å². The van der Waals surface area contributed by atoms with Crippen molar-refractivity contribution >= 4 is 5.69 Å². The second-order valence-corrected chi connectivity index (χ2v) is 4.02. The molecule has 0 bridgehead atoms. The van der Waals surface area contributed by atoms with Crippen molar-refractivity contribution in [3.05, 3.63) is 23.8 Å². The number of hydrogen-bond donors (Lipinski definition) is 2. The van der Waals surface area contributed by atoms with E-state index < -0.39 is 0 Å². The zero-order valence-corrected chi connectivity index (χ0v) is 9.76. The number of benzene rings is 1. The minimum atomic E-state index is 0.0607. The summed E-state index contributed by atoms with van der Waals surface area (Å²) < 4.78 is 0. The predicted molar refractivity (Wildman–Crippen MR) is 62.6 cm³/mol. The number of aromatic hydroxyl groups is 1. The largest absolute Gasteiger partial charge is 0.506 e. The summed E-state index contributed by atoms with van der Waals surface area (Å²) in [6, 6.07) is 5.39. The molecule has 0 heterocycles. The third kappa shape index (κ3) is 3.29. The highest BCUT2D eigenvalue weighted by molar-refractivity contribution is 5.53. The minimum absolute atomic E-state index is 0.0607. The van der Waals surface area contributed by atoms with E-state index in [1.165, 1.54) is 0 Å². The Morgan fingerprint density at radius 3 is 2.00 bits per heavy atom. The van der Waals surface area contributed by atoms with Crippen LogP contribution in [0.3, 0.4) is 0 Å². The Morgan fingerprint density at radius 1 is 1.14 bits per heavy atom. The molecular weight excluding hydrogens is 174 g/mol. The molecule has 0 radical (unpaired) electrons. The number of nitrogen functional groups attached to an aromatic ring is 1. The van der Waals surface area contributed by atoms with Crippen LogP contribution in [0, 0.1) is 0 Å². The van der Waals surface area contributed by atoms with Crippen LogP contribution in [0.1, 0.15) is 40.2 Å². The maximum atomic E-state index is 9.34. The number of nitrogens with two attached hydrogens (primary N) is 1. The molecule has 0 spiro atoms. The summed E-state index contributed by atoms with van der Waals surface area (Å²) in [7, 11) is 0. The molecule has 1 rings (SSSR count). The predicted octanol–water partition coefficient (Wildman–Crippen LogP) is 3.30. The Kier molecular flexibility index (Phi) is 4.48. The first kappa shape index (κ1) is 12.8. The van der Waals surface area contributed by atoms with Gasteiger partial charge in [0.05, 0.1) is 5.69 Å². The highest BCUT2D eigenvalue weighted by Crippen LogP contribution is 2.28. The van der Waals surface area contributed by atoms with Crippen molar-refractivity contribution in [3.63, 3.8) is 0 Å². The van der Waals surface area contributed by atoms with Crippen LogP contribution in [0.15, 0.2) is 18.2 Å². The first-order valence-corrected chi connectivity index (χ1v) is 5.00. The van der Waals surface area contributed by atoms with Gasteiger partial charge in [-0.25, -0.2) is 0 Å². The van der Waals surface area contributed by atoms with Gasteiger partial charge in [-0.05, 0) is 23.1 Å².